The maximum Gasteiger partial charge on any atom is 0.272 e. The average molecular weight is 371 g/mol. The van der Waals surface area contributed by atoms with Crippen molar-refractivity contribution in [2.45, 2.75) is 39.3 Å². The highest BCUT2D eigenvalue weighted by atomic mass is 16.5. The predicted octanol–water partition coefficient (Wildman–Crippen LogP) is 1.87. The van der Waals surface area contributed by atoms with E-state index in [0.717, 1.165) is 12.1 Å². The highest BCUT2D eigenvalue weighted by Crippen LogP contribution is 2.16. The zero-order chi connectivity index (χ0) is 19.2. The molecule has 0 aromatic carbocycles. The summed E-state index contributed by atoms with van der Waals surface area (Å²) < 4.78 is 7.23. The molecule has 0 radical (unpaired) electrons. The van der Waals surface area contributed by atoms with Gasteiger partial charge in [0.2, 0.25) is 5.91 Å². The molecular formula is C19H25N5O3. The van der Waals surface area contributed by atoms with E-state index in [1.807, 2.05) is 26.0 Å². The lowest BCUT2D eigenvalue weighted by molar-refractivity contribution is -0.118. The average Bonchev–Trinajstić information content (AvgIpc) is 3.12. The number of nitrogens with zero attached hydrogens (tertiary/aromatic N) is 4. The fourth-order valence-electron chi connectivity index (χ4n) is 3.11. The van der Waals surface area contributed by atoms with E-state index in [1.165, 1.54) is 0 Å². The lowest BCUT2D eigenvalue weighted by atomic mass is 10.1. The summed E-state index contributed by atoms with van der Waals surface area (Å²) in [5, 5.41) is 7.05. The Morgan fingerprint density at radius 2 is 2.19 bits per heavy atom. The second kappa shape index (κ2) is 8.77. The summed E-state index contributed by atoms with van der Waals surface area (Å²) >= 11 is 0. The largest absolute Gasteiger partial charge is 0.377 e. The van der Waals surface area contributed by atoms with Gasteiger partial charge in [0.1, 0.15) is 5.69 Å². The van der Waals surface area contributed by atoms with E-state index >= 15 is 0 Å². The Bertz CT molecular complexity index is 787. The summed E-state index contributed by atoms with van der Waals surface area (Å²) in [6.07, 6.45) is 4.31. The minimum Gasteiger partial charge on any atom is -0.377 e. The molecule has 27 heavy (non-hydrogen) atoms. The lowest BCUT2D eigenvalue weighted by Gasteiger charge is -2.35. The number of hydrogen-bond acceptors (Lipinski definition) is 5. The third-order valence-corrected chi connectivity index (χ3v) is 4.48. The zero-order valence-corrected chi connectivity index (χ0v) is 15.7. The Hall–Kier alpha value is -2.74. The molecule has 1 aliphatic rings. The third kappa shape index (κ3) is 4.71. The van der Waals surface area contributed by atoms with Gasteiger partial charge in [0.25, 0.3) is 5.91 Å². The third-order valence-electron chi connectivity index (χ3n) is 4.48. The molecule has 144 valence electrons. The van der Waals surface area contributed by atoms with Gasteiger partial charge in [0.15, 0.2) is 0 Å². The maximum atomic E-state index is 13.0. The van der Waals surface area contributed by atoms with Crippen LogP contribution >= 0.6 is 0 Å². The van der Waals surface area contributed by atoms with Crippen LogP contribution in [0.1, 0.15) is 35.9 Å². The van der Waals surface area contributed by atoms with Crippen molar-refractivity contribution < 1.29 is 14.3 Å². The minimum atomic E-state index is -0.311. The summed E-state index contributed by atoms with van der Waals surface area (Å²) in [4.78, 5) is 31.3. The fourth-order valence-corrected chi connectivity index (χ4v) is 3.11. The van der Waals surface area contributed by atoms with E-state index in [4.69, 9.17) is 4.74 Å². The van der Waals surface area contributed by atoms with Crippen LogP contribution < -0.4 is 5.32 Å². The number of nitrogens with one attached hydrogen (secondary N) is 1. The van der Waals surface area contributed by atoms with E-state index in [2.05, 4.69) is 15.4 Å². The van der Waals surface area contributed by atoms with Gasteiger partial charge in [-0.3, -0.25) is 19.3 Å². The van der Waals surface area contributed by atoms with Crippen molar-refractivity contribution >= 4 is 17.5 Å². The molecule has 8 heteroatoms. The quantitative estimate of drug-likeness (QED) is 0.837. The molecule has 3 rings (SSSR count). The second-order valence-electron chi connectivity index (χ2n) is 6.61. The fraction of sp³-hybridized carbons (Fsp3) is 0.474. The molecule has 1 fully saturated rings. The molecule has 8 nitrogen and oxygen atoms in total. The molecule has 0 aliphatic carbocycles. The van der Waals surface area contributed by atoms with Gasteiger partial charge in [-0.15, -0.1) is 0 Å². The summed E-state index contributed by atoms with van der Waals surface area (Å²) in [5.74, 6) is -0.282. The van der Waals surface area contributed by atoms with Gasteiger partial charge in [0, 0.05) is 31.4 Å². The van der Waals surface area contributed by atoms with E-state index in [9.17, 15) is 9.59 Å². The number of pyridine rings is 1. The molecule has 2 amide bonds. The molecule has 0 saturated carbocycles. The van der Waals surface area contributed by atoms with Crippen molar-refractivity contribution in [3.05, 3.63) is 42.0 Å². The van der Waals surface area contributed by atoms with Gasteiger partial charge in [-0.05, 0) is 31.5 Å². The van der Waals surface area contributed by atoms with Crippen LogP contribution in [-0.4, -0.2) is 57.3 Å². The van der Waals surface area contributed by atoms with Gasteiger partial charge in [-0.25, -0.2) is 0 Å². The SMILES string of the molecule is CCCn1nccc1C(=O)N1CCOCC1CC(=O)Nc1ccc(C)nc1. The molecule has 0 bridgehead atoms. The highest BCUT2D eigenvalue weighted by molar-refractivity contribution is 5.94. The smallest absolute Gasteiger partial charge is 0.272 e. The van der Waals surface area contributed by atoms with E-state index in [-0.39, 0.29) is 24.3 Å². The van der Waals surface area contributed by atoms with Gasteiger partial charge < -0.3 is 15.0 Å². The number of aromatic nitrogens is 3. The first-order valence-electron chi connectivity index (χ1n) is 9.21. The number of morpholine rings is 1. The van der Waals surface area contributed by atoms with Crippen molar-refractivity contribution in [2.75, 3.05) is 25.1 Å². The Morgan fingerprint density at radius 1 is 1.33 bits per heavy atom. The number of carbonyl (C=O) groups is 2. The van der Waals surface area contributed by atoms with E-state index < -0.39 is 0 Å². The van der Waals surface area contributed by atoms with Gasteiger partial charge in [-0.2, -0.15) is 5.10 Å². The Kier molecular flexibility index (Phi) is 6.18. The Labute approximate surface area is 158 Å². The van der Waals surface area contributed by atoms with Gasteiger partial charge in [0.05, 0.1) is 31.1 Å². The van der Waals surface area contributed by atoms with Crippen molar-refractivity contribution in [2.24, 2.45) is 0 Å². The highest BCUT2D eigenvalue weighted by Gasteiger charge is 2.31. The van der Waals surface area contributed by atoms with Crippen LogP contribution in [0, 0.1) is 6.92 Å². The van der Waals surface area contributed by atoms with Gasteiger partial charge >= 0.3 is 0 Å². The number of rotatable bonds is 6. The number of carbonyl (C=O) groups excluding carboxylic acids is 2. The standard InChI is InChI=1S/C19H25N5O3/c1-3-8-24-17(6-7-21-24)19(26)23-9-10-27-13-16(23)11-18(25)22-15-5-4-14(2)20-12-15/h4-7,12,16H,3,8-11,13H2,1-2H3,(H,22,25). The van der Waals surface area contributed by atoms with E-state index in [0.29, 0.717) is 37.7 Å². The zero-order valence-electron chi connectivity index (χ0n) is 15.7. The minimum absolute atomic E-state index is 0.112. The first-order chi connectivity index (χ1) is 13.1. The summed E-state index contributed by atoms with van der Waals surface area (Å²) in [5.41, 5.74) is 2.07. The van der Waals surface area contributed by atoms with Gasteiger partial charge in [-0.1, -0.05) is 6.92 Å². The first kappa shape index (κ1) is 19.0. The molecular weight excluding hydrogens is 346 g/mol. The van der Waals surface area contributed by atoms with Crippen LogP contribution in [0.4, 0.5) is 5.69 Å². The Morgan fingerprint density at radius 3 is 2.93 bits per heavy atom. The number of aryl methyl sites for hydroxylation is 2. The van der Waals surface area contributed by atoms with Crippen LogP contribution in [0.25, 0.3) is 0 Å². The van der Waals surface area contributed by atoms with Crippen molar-refractivity contribution in [3.63, 3.8) is 0 Å². The summed E-state index contributed by atoms with van der Waals surface area (Å²) in [7, 11) is 0. The number of amides is 2. The number of hydrogen-bond donors (Lipinski definition) is 1. The molecule has 2 aromatic rings. The topological polar surface area (TPSA) is 89.4 Å². The molecule has 1 saturated heterocycles. The van der Waals surface area contributed by atoms with Crippen molar-refractivity contribution in [3.8, 4) is 0 Å². The predicted molar refractivity (Wildman–Crippen MR) is 100 cm³/mol. The van der Waals surface area contributed by atoms with Crippen molar-refractivity contribution in [1.29, 1.82) is 0 Å². The summed E-state index contributed by atoms with van der Waals surface area (Å²) in [6.45, 7) is 5.88. The van der Waals surface area contributed by atoms with Crippen LogP contribution in [0.3, 0.4) is 0 Å². The van der Waals surface area contributed by atoms with Crippen molar-refractivity contribution in [1.82, 2.24) is 19.7 Å². The lowest BCUT2D eigenvalue weighted by Crippen LogP contribution is -2.50. The number of ether oxygens (including phenoxy) is 1. The second-order valence-corrected chi connectivity index (χ2v) is 6.61. The summed E-state index contributed by atoms with van der Waals surface area (Å²) in [6, 6.07) is 5.06. The van der Waals surface area contributed by atoms with Crippen LogP contribution in [-0.2, 0) is 16.1 Å². The molecule has 3 heterocycles. The molecule has 2 aromatic heterocycles. The van der Waals surface area contributed by atoms with Crippen LogP contribution in [0.2, 0.25) is 0 Å². The molecule has 1 N–H and O–H groups in total. The monoisotopic (exact) mass is 371 g/mol. The molecule has 1 aliphatic heterocycles. The molecule has 1 unspecified atom stereocenters. The van der Waals surface area contributed by atoms with Crippen LogP contribution in [0.15, 0.2) is 30.6 Å². The first-order valence-corrected chi connectivity index (χ1v) is 9.21. The molecule has 0 spiro atoms. The van der Waals surface area contributed by atoms with E-state index in [1.54, 1.807) is 28.0 Å². The van der Waals surface area contributed by atoms with Crippen LogP contribution in [0.5, 0.6) is 0 Å². The Balaban J connectivity index is 1.67. The number of anilines is 1. The molecule has 1 atom stereocenters. The normalized spacial score (nSPS) is 17.0. The maximum absolute atomic E-state index is 13.0.